The number of ether oxygens (including phenoxy) is 1. The van der Waals surface area contributed by atoms with Gasteiger partial charge in [0.2, 0.25) is 11.8 Å². The van der Waals surface area contributed by atoms with E-state index >= 15 is 0 Å². The Morgan fingerprint density at radius 2 is 2.04 bits per heavy atom. The molecule has 2 saturated heterocycles. The van der Waals surface area contributed by atoms with E-state index in [1.807, 2.05) is 24.0 Å². The van der Waals surface area contributed by atoms with Crippen molar-refractivity contribution >= 4 is 11.8 Å². The van der Waals surface area contributed by atoms with Crippen LogP contribution in [0.3, 0.4) is 0 Å². The van der Waals surface area contributed by atoms with E-state index in [4.69, 9.17) is 4.74 Å². The topological polar surface area (TPSA) is 49.9 Å². The third-order valence-electron chi connectivity index (χ3n) is 4.71. The molecule has 1 atom stereocenters. The third kappa shape index (κ3) is 3.33. The lowest BCUT2D eigenvalue weighted by Crippen LogP contribution is -2.57. The molecule has 3 rings (SSSR count). The van der Waals surface area contributed by atoms with Crippen molar-refractivity contribution in [2.45, 2.75) is 32.8 Å². The summed E-state index contributed by atoms with van der Waals surface area (Å²) in [6, 6.07) is 8.09. The minimum atomic E-state index is -0.174. The maximum absolute atomic E-state index is 12.4. The Bertz CT molecular complexity index is 596. The average molecular weight is 316 g/mol. The molecule has 2 fully saturated rings. The molecule has 0 aliphatic carbocycles. The zero-order chi connectivity index (χ0) is 16.4. The van der Waals surface area contributed by atoms with Gasteiger partial charge in [-0.1, -0.05) is 19.1 Å². The fraction of sp³-hybridized carbons (Fsp3) is 0.556. The number of likely N-dealkylation sites (tertiary alicyclic amines) is 2. The van der Waals surface area contributed by atoms with Gasteiger partial charge < -0.3 is 14.5 Å². The van der Waals surface area contributed by atoms with E-state index in [0.29, 0.717) is 32.6 Å². The zero-order valence-electron chi connectivity index (χ0n) is 13.8. The first kappa shape index (κ1) is 15.8. The number of hydrogen-bond donors (Lipinski definition) is 0. The summed E-state index contributed by atoms with van der Waals surface area (Å²) in [5.41, 5.74) is 1.25. The van der Waals surface area contributed by atoms with Crippen LogP contribution in [0.1, 0.15) is 25.8 Å². The van der Waals surface area contributed by atoms with E-state index in [2.05, 4.69) is 19.1 Å². The number of aryl methyl sites for hydroxylation is 1. The van der Waals surface area contributed by atoms with E-state index in [1.54, 1.807) is 4.90 Å². The summed E-state index contributed by atoms with van der Waals surface area (Å²) in [6.45, 7) is 6.54. The predicted molar refractivity (Wildman–Crippen MR) is 87.2 cm³/mol. The van der Waals surface area contributed by atoms with Gasteiger partial charge in [0, 0.05) is 19.5 Å². The molecule has 2 aliphatic rings. The van der Waals surface area contributed by atoms with Crippen molar-refractivity contribution in [2.75, 3.05) is 26.2 Å². The SMILES string of the molecule is CCc1cccc(OC2CN(C(=O)C3CC(=O)N(CC)C3)C2)c1. The molecule has 1 aromatic rings. The monoisotopic (exact) mass is 316 g/mol. The van der Waals surface area contributed by atoms with Crippen LogP contribution in [-0.2, 0) is 16.0 Å². The molecule has 0 aromatic heterocycles. The van der Waals surface area contributed by atoms with Crippen molar-refractivity contribution in [3.8, 4) is 5.75 Å². The van der Waals surface area contributed by atoms with Crippen molar-refractivity contribution in [1.82, 2.24) is 9.80 Å². The highest BCUT2D eigenvalue weighted by Gasteiger charge is 2.40. The molecule has 5 nitrogen and oxygen atoms in total. The molecule has 1 unspecified atom stereocenters. The Morgan fingerprint density at radius 3 is 2.70 bits per heavy atom. The van der Waals surface area contributed by atoms with E-state index in [9.17, 15) is 9.59 Å². The van der Waals surface area contributed by atoms with Crippen molar-refractivity contribution in [3.05, 3.63) is 29.8 Å². The van der Waals surface area contributed by atoms with Gasteiger partial charge in [0.25, 0.3) is 0 Å². The second kappa shape index (κ2) is 6.60. The van der Waals surface area contributed by atoms with Crippen molar-refractivity contribution in [3.63, 3.8) is 0 Å². The maximum atomic E-state index is 12.4. The van der Waals surface area contributed by atoms with Gasteiger partial charge in [-0.15, -0.1) is 0 Å². The zero-order valence-corrected chi connectivity index (χ0v) is 13.8. The van der Waals surface area contributed by atoms with E-state index in [1.165, 1.54) is 5.56 Å². The first-order chi connectivity index (χ1) is 11.1. The Kier molecular flexibility index (Phi) is 4.55. The van der Waals surface area contributed by atoms with Crippen LogP contribution in [0.15, 0.2) is 24.3 Å². The van der Waals surface area contributed by atoms with Gasteiger partial charge in [0.15, 0.2) is 0 Å². The maximum Gasteiger partial charge on any atom is 0.228 e. The largest absolute Gasteiger partial charge is 0.487 e. The van der Waals surface area contributed by atoms with Gasteiger partial charge >= 0.3 is 0 Å². The van der Waals surface area contributed by atoms with E-state index in [-0.39, 0.29) is 23.8 Å². The molecule has 124 valence electrons. The van der Waals surface area contributed by atoms with Crippen LogP contribution < -0.4 is 4.74 Å². The van der Waals surface area contributed by atoms with Crippen molar-refractivity contribution in [1.29, 1.82) is 0 Å². The summed E-state index contributed by atoms with van der Waals surface area (Å²) in [6.07, 6.45) is 1.40. The minimum Gasteiger partial charge on any atom is -0.487 e. The van der Waals surface area contributed by atoms with Crippen LogP contribution in [0.4, 0.5) is 0 Å². The van der Waals surface area contributed by atoms with Gasteiger partial charge in [-0.2, -0.15) is 0 Å². The van der Waals surface area contributed by atoms with Gasteiger partial charge in [-0.05, 0) is 31.0 Å². The summed E-state index contributed by atoms with van der Waals surface area (Å²) in [5.74, 6) is 0.883. The molecule has 2 amide bonds. The Balaban J connectivity index is 1.49. The van der Waals surface area contributed by atoms with Crippen LogP contribution in [0, 0.1) is 5.92 Å². The molecule has 0 spiro atoms. The summed E-state index contributed by atoms with van der Waals surface area (Å²) in [5, 5.41) is 0. The number of hydrogen-bond acceptors (Lipinski definition) is 3. The number of amides is 2. The third-order valence-corrected chi connectivity index (χ3v) is 4.71. The molecule has 23 heavy (non-hydrogen) atoms. The van der Waals surface area contributed by atoms with Gasteiger partial charge in [-0.3, -0.25) is 9.59 Å². The van der Waals surface area contributed by atoms with Crippen LogP contribution >= 0.6 is 0 Å². The quantitative estimate of drug-likeness (QED) is 0.831. The summed E-state index contributed by atoms with van der Waals surface area (Å²) in [7, 11) is 0. The van der Waals surface area contributed by atoms with Crippen LogP contribution in [-0.4, -0.2) is 53.9 Å². The molecule has 2 aliphatic heterocycles. The van der Waals surface area contributed by atoms with Crippen LogP contribution in [0.25, 0.3) is 0 Å². The molecule has 1 aromatic carbocycles. The lowest BCUT2D eigenvalue weighted by molar-refractivity contribution is -0.144. The summed E-state index contributed by atoms with van der Waals surface area (Å²) >= 11 is 0. The highest BCUT2D eigenvalue weighted by molar-refractivity contribution is 5.89. The first-order valence-corrected chi connectivity index (χ1v) is 8.42. The normalized spacial score (nSPS) is 21.5. The van der Waals surface area contributed by atoms with Crippen molar-refractivity contribution < 1.29 is 14.3 Å². The molecule has 5 heteroatoms. The smallest absolute Gasteiger partial charge is 0.228 e. The standard InChI is InChI=1S/C18H24N2O3/c1-3-13-6-5-7-15(8-13)23-16-11-20(12-16)18(22)14-9-17(21)19(4-2)10-14/h5-8,14,16H,3-4,9-12H2,1-2H3. The molecule has 0 N–H and O–H groups in total. The number of rotatable bonds is 5. The molecule has 2 heterocycles. The molecule has 0 radical (unpaired) electrons. The van der Waals surface area contributed by atoms with Crippen LogP contribution in [0.5, 0.6) is 5.75 Å². The second-order valence-electron chi connectivity index (χ2n) is 6.32. The summed E-state index contributed by atoms with van der Waals surface area (Å²) in [4.78, 5) is 27.7. The minimum absolute atomic E-state index is 0.0606. The van der Waals surface area contributed by atoms with E-state index < -0.39 is 0 Å². The van der Waals surface area contributed by atoms with E-state index in [0.717, 1.165) is 12.2 Å². The van der Waals surface area contributed by atoms with Gasteiger partial charge in [-0.25, -0.2) is 0 Å². The Morgan fingerprint density at radius 1 is 1.26 bits per heavy atom. The fourth-order valence-electron chi connectivity index (χ4n) is 3.23. The summed E-state index contributed by atoms with van der Waals surface area (Å²) < 4.78 is 5.93. The van der Waals surface area contributed by atoms with Gasteiger partial charge in [0.05, 0.1) is 19.0 Å². The predicted octanol–water partition coefficient (Wildman–Crippen LogP) is 1.71. The number of benzene rings is 1. The fourth-order valence-corrected chi connectivity index (χ4v) is 3.23. The lowest BCUT2D eigenvalue weighted by Gasteiger charge is -2.40. The number of nitrogens with zero attached hydrogens (tertiary/aromatic N) is 2. The number of carbonyl (C=O) groups excluding carboxylic acids is 2. The Labute approximate surface area is 137 Å². The van der Waals surface area contributed by atoms with Crippen molar-refractivity contribution in [2.24, 2.45) is 5.92 Å². The first-order valence-electron chi connectivity index (χ1n) is 8.42. The van der Waals surface area contributed by atoms with Gasteiger partial charge in [0.1, 0.15) is 11.9 Å². The highest BCUT2D eigenvalue weighted by Crippen LogP contribution is 2.25. The molecule has 0 bridgehead atoms. The molecule has 0 saturated carbocycles. The highest BCUT2D eigenvalue weighted by atomic mass is 16.5. The molecular weight excluding hydrogens is 292 g/mol. The average Bonchev–Trinajstić information content (AvgIpc) is 2.91. The van der Waals surface area contributed by atoms with Crippen LogP contribution in [0.2, 0.25) is 0 Å². The Hall–Kier alpha value is -2.04. The lowest BCUT2D eigenvalue weighted by atomic mass is 10.0. The number of carbonyl (C=O) groups is 2. The second-order valence-corrected chi connectivity index (χ2v) is 6.32. The molecular formula is C18H24N2O3.